The second-order valence-corrected chi connectivity index (χ2v) is 6.65. The number of hydrogen-bond donors (Lipinski definition) is 1. The number of nitrogens with two attached hydrogens (primary N) is 1. The first-order chi connectivity index (χ1) is 9.90. The zero-order valence-electron chi connectivity index (χ0n) is 11.2. The lowest BCUT2D eigenvalue weighted by Gasteiger charge is -2.16. The Morgan fingerprint density at radius 1 is 1.38 bits per heavy atom. The van der Waals surface area contributed by atoms with Gasteiger partial charge in [-0.15, -0.1) is 10.2 Å². The number of halogens is 3. The lowest BCUT2D eigenvalue weighted by Crippen LogP contribution is -2.23. The molecule has 0 spiro atoms. The first kappa shape index (κ1) is 16.3. The molecule has 114 valence electrons. The summed E-state index contributed by atoms with van der Waals surface area (Å²) in [5, 5.41) is 7.48. The Kier molecular flexibility index (Phi) is 5.23. The normalized spacial score (nSPS) is 13.4. The highest BCUT2D eigenvalue weighted by molar-refractivity contribution is 8.01. The van der Waals surface area contributed by atoms with Crippen molar-refractivity contribution in [1.29, 1.82) is 0 Å². The first-order valence-electron chi connectivity index (χ1n) is 6.30. The Balaban J connectivity index is 2.30. The van der Waals surface area contributed by atoms with Gasteiger partial charge >= 0.3 is 6.18 Å². The van der Waals surface area contributed by atoms with Crippen molar-refractivity contribution >= 4 is 23.1 Å². The number of aromatic nitrogens is 2. The summed E-state index contributed by atoms with van der Waals surface area (Å²) in [6, 6.07) is 4.05. The Bertz CT molecular complexity index is 585. The van der Waals surface area contributed by atoms with Crippen LogP contribution in [0, 0.1) is 0 Å². The lowest BCUT2D eigenvalue weighted by molar-refractivity contribution is -0.138. The molecule has 1 unspecified atom stereocenters. The summed E-state index contributed by atoms with van der Waals surface area (Å²) in [6.07, 6.45) is -3.53. The average molecular weight is 333 g/mol. The molecule has 0 aliphatic rings. The molecule has 2 N–H and O–H groups in total. The molecule has 8 heteroatoms. The zero-order valence-corrected chi connectivity index (χ0v) is 12.9. The van der Waals surface area contributed by atoms with E-state index >= 15 is 0 Å². The van der Waals surface area contributed by atoms with Crippen LogP contribution in [0.25, 0.3) is 0 Å². The number of rotatable bonds is 5. The second kappa shape index (κ2) is 6.76. The molecular formula is C13H14F3N3S2. The Labute approximate surface area is 128 Å². The molecule has 3 nitrogen and oxygen atoms in total. The van der Waals surface area contributed by atoms with Crippen LogP contribution in [0.15, 0.2) is 32.9 Å². The van der Waals surface area contributed by atoms with Gasteiger partial charge in [0.15, 0.2) is 4.34 Å². The van der Waals surface area contributed by atoms with Crippen molar-refractivity contribution in [2.45, 2.75) is 41.2 Å². The molecule has 0 radical (unpaired) electrons. The largest absolute Gasteiger partial charge is 0.416 e. The summed E-state index contributed by atoms with van der Waals surface area (Å²) in [5.41, 5.74) is 6.93. The summed E-state index contributed by atoms with van der Waals surface area (Å²) < 4.78 is 40.2. The molecule has 1 heterocycles. The van der Waals surface area contributed by atoms with E-state index in [1.165, 1.54) is 29.2 Å². The molecule has 2 aromatic rings. The standard InChI is InChI=1S/C13H14F3N3S2/c1-2-9(17)5-8-3-4-10(6-11(8)13(14,15)16)21-12-19-18-7-20-12/h3-4,6-7,9H,2,5,17H2,1H3. The number of alkyl halides is 3. The van der Waals surface area contributed by atoms with Gasteiger partial charge in [0.2, 0.25) is 0 Å². The molecule has 0 saturated heterocycles. The fourth-order valence-corrected chi connectivity index (χ4v) is 3.29. The van der Waals surface area contributed by atoms with Crippen molar-refractivity contribution in [1.82, 2.24) is 10.2 Å². The van der Waals surface area contributed by atoms with Crippen molar-refractivity contribution in [2.75, 3.05) is 0 Å². The third-order valence-corrected chi connectivity index (χ3v) is 4.71. The van der Waals surface area contributed by atoms with Gasteiger partial charge in [-0.2, -0.15) is 13.2 Å². The number of benzene rings is 1. The van der Waals surface area contributed by atoms with Crippen LogP contribution in [0.4, 0.5) is 13.2 Å². The molecule has 0 fully saturated rings. The topological polar surface area (TPSA) is 51.8 Å². The predicted molar refractivity (Wildman–Crippen MR) is 77.4 cm³/mol. The van der Waals surface area contributed by atoms with Crippen LogP contribution >= 0.6 is 23.1 Å². The van der Waals surface area contributed by atoms with Gasteiger partial charge in [-0.3, -0.25) is 0 Å². The molecule has 1 atom stereocenters. The van der Waals surface area contributed by atoms with E-state index in [1.54, 1.807) is 11.6 Å². The van der Waals surface area contributed by atoms with Crippen molar-refractivity contribution in [3.63, 3.8) is 0 Å². The van der Waals surface area contributed by atoms with E-state index in [4.69, 9.17) is 5.73 Å². The summed E-state index contributed by atoms with van der Waals surface area (Å²) in [5.74, 6) is 0. The van der Waals surface area contributed by atoms with Crippen LogP contribution < -0.4 is 5.73 Å². The van der Waals surface area contributed by atoms with Gasteiger partial charge in [0, 0.05) is 10.9 Å². The van der Waals surface area contributed by atoms with E-state index in [0.717, 1.165) is 6.07 Å². The van der Waals surface area contributed by atoms with Gasteiger partial charge in [-0.05, 0) is 30.5 Å². The van der Waals surface area contributed by atoms with Crippen molar-refractivity contribution < 1.29 is 13.2 Å². The average Bonchev–Trinajstić information content (AvgIpc) is 2.92. The highest BCUT2D eigenvalue weighted by atomic mass is 32.2. The molecule has 0 amide bonds. The fourth-order valence-electron chi connectivity index (χ4n) is 1.80. The molecule has 0 saturated carbocycles. The summed E-state index contributed by atoms with van der Waals surface area (Å²) in [6.45, 7) is 1.86. The van der Waals surface area contributed by atoms with E-state index in [2.05, 4.69) is 10.2 Å². The van der Waals surface area contributed by atoms with Crippen LogP contribution in [-0.2, 0) is 12.6 Å². The van der Waals surface area contributed by atoms with Crippen LogP contribution in [-0.4, -0.2) is 16.2 Å². The van der Waals surface area contributed by atoms with Crippen LogP contribution in [0.3, 0.4) is 0 Å². The highest BCUT2D eigenvalue weighted by Crippen LogP contribution is 2.37. The minimum atomic E-state index is -4.39. The van der Waals surface area contributed by atoms with Crippen molar-refractivity contribution in [2.24, 2.45) is 5.73 Å². The molecule has 21 heavy (non-hydrogen) atoms. The van der Waals surface area contributed by atoms with Crippen LogP contribution in [0.5, 0.6) is 0 Å². The third kappa shape index (κ3) is 4.42. The van der Waals surface area contributed by atoms with Crippen LogP contribution in [0.2, 0.25) is 0 Å². The molecule has 2 rings (SSSR count). The fraction of sp³-hybridized carbons (Fsp3) is 0.385. The van der Waals surface area contributed by atoms with Gasteiger partial charge in [0.05, 0.1) is 5.56 Å². The summed E-state index contributed by atoms with van der Waals surface area (Å²) in [7, 11) is 0. The first-order valence-corrected chi connectivity index (χ1v) is 7.99. The van der Waals surface area contributed by atoms with Gasteiger partial charge < -0.3 is 5.73 Å². The lowest BCUT2D eigenvalue weighted by atomic mass is 9.99. The van der Waals surface area contributed by atoms with E-state index in [9.17, 15) is 13.2 Å². The molecule has 0 aliphatic heterocycles. The maximum atomic E-state index is 13.2. The molecule has 1 aromatic heterocycles. The Morgan fingerprint density at radius 2 is 2.14 bits per heavy atom. The maximum Gasteiger partial charge on any atom is 0.416 e. The van der Waals surface area contributed by atoms with Gasteiger partial charge in [-0.25, -0.2) is 0 Å². The predicted octanol–water partition coefficient (Wildman–Crippen LogP) is 3.99. The quantitative estimate of drug-likeness (QED) is 0.899. The van der Waals surface area contributed by atoms with Crippen molar-refractivity contribution in [3.8, 4) is 0 Å². The Morgan fingerprint density at radius 3 is 2.71 bits per heavy atom. The zero-order chi connectivity index (χ0) is 15.5. The third-order valence-electron chi connectivity index (χ3n) is 2.94. The van der Waals surface area contributed by atoms with Gasteiger partial charge in [0.25, 0.3) is 0 Å². The monoisotopic (exact) mass is 333 g/mol. The smallest absolute Gasteiger partial charge is 0.327 e. The van der Waals surface area contributed by atoms with Gasteiger partial charge in [-0.1, -0.05) is 36.1 Å². The van der Waals surface area contributed by atoms with Crippen molar-refractivity contribution in [3.05, 3.63) is 34.8 Å². The summed E-state index contributed by atoms with van der Waals surface area (Å²) in [4.78, 5) is 0.493. The number of nitrogens with zero attached hydrogens (tertiary/aromatic N) is 2. The Hall–Kier alpha value is -1.12. The molecule has 1 aromatic carbocycles. The molecule has 0 bridgehead atoms. The van der Waals surface area contributed by atoms with Gasteiger partial charge in [0.1, 0.15) is 5.51 Å². The van der Waals surface area contributed by atoms with Crippen LogP contribution in [0.1, 0.15) is 24.5 Å². The van der Waals surface area contributed by atoms with E-state index in [1.807, 2.05) is 6.92 Å². The number of hydrogen-bond acceptors (Lipinski definition) is 5. The minimum Gasteiger partial charge on any atom is -0.327 e. The summed E-state index contributed by atoms with van der Waals surface area (Å²) >= 11 is 2.46. The van der Waals surface area contributed by atoms with E-state index in [0.29, 0.717) is 15.7 Å². The molecule has 0 aliphatic carbocycles. The van der Waals surface area contributed by atoms with E-state index < -0.39 is 11.7 Å². The SMILES string of the molecule is CCC(N)Cc1ccc(Sc2nncs2)cc1C(F)(F)F. The molecular weight excluding hydrogens is 319 g/mol. The second-order valence-electron chi connectivity index (χ2n) is 4.50. The van der Waals surface area contributed by atoms with E-state index in [-0.39, 0.29) is 18.0 Å². The minimum absolute atomic E-state index is 0.217. The highest BCUT2D eigenvalue weighted by Gasteiger charge is 2.33. The maximum absolute atomic E-state index is 13.2.